The van der Waals surface area contributed by atoms with Gasteiger partial charge in [0.15, 0.2) is 11.5 Å². The fourth-order valence-electron chi connectivity index (χ4n) is 2.58. The predicted octanol–water partition coefficient (Wildman–Crippen LogP) is 2.29. The Balaban J connectivity index is 2.02. The summed E-state index contributed by atoms with van der Waals surface area (Å²) in [6, 6.07) is 7.41. The number of para-hydroxylation sites is 2. The Morgan fingerprint density at radius 2 is 1.90 bits per heavy atom. The second-order valence-corrected chi connectivity index (χ2v) is 5.04. The van der Waals surface area contributed by atoms with Gasteiger partial charge in [-0.15, -0.1) is 0 Å². The first kappa shape index (κ1) is 15.6. The normalized spacial score (nSPS) is 17.0. The highest BCUT2D eigenvalue weighted by molar-refractivity contribution is 5.72. The van der Waals surface area contributed by atoms with E-state index in [-0.39, 0.29) is 24.4 Å². The molecule has 116 valence electrons. The van der Waals surface area contributed by atoms with Crippen molar-refractivity contribution in [1.29, 1.82) is 0 Å². The molecule has 0 aromatic heterocycles. The third-order valence-electron chi connectivity index (χ3n) is 3.83. The largest absolute Gasteiger partial charge is 0.493 e. The van der Waals surface area contributed by atoms with Crippen molar-refractivity contribution in [3.63, 3.8) is 0 Å². The zero-order chi connectivity index (χ0) is 15.1. The molecule has 2 rings (SSSR count). The number of hydrogen-bond acceptors (Lipinski definition) is 5. The zero-order valence-electron chi connectivity index (χ0n) is 12.5. The van der Waals surface area contributed by atoms with Crippen molar-refractivity contribution in [3.05, 3.63) is 24.3 Å². The van der Waals surface area contributed by atoms with Crippen LogP contribution < -0.4 is 9.47 Å². The molecule has 1 aromatic rings. The van der Waals surface area contributed by atoms with E-state index in [0.29, 0.717) is 24.7 Å². The Morgan fingerprint density at radius 3 is 2.52 bits per heavy atom. The second-order valence-electron chi connectivity index (χ2n) is 5.04. The minimum atomic E-state index is -0.274. The molecule has 0 spiro atoms. The summed E-state index contributed by atoms with van der Waals surface area (Å²) < 4.78 is 21.3. The first-order valence-corrected chi connectivity index (χ1v) is 7.17. The maximum Gasteiger partial charge on any atom is 0.312 e. The van der Waals surface area contributed by atoms with Gasteiger partial charge < -0.3 is 18.9 Å². The lowest BCUT2D eigenvalue weighted by Crippen LogP contribution is -2.34. The van der Waals surface area contributed by atoms with Crippen LogP contribution in [0, 0.1) is 11.8 Å². The molecule has 1 aromatic carbocycles. The molecular formula is C16H22O5. The smallest absolute Gasteiger partial charge is 0.312 e. The number of carbonyl (C=O) groups is 1. The molecule has 0 N–H and O–H groups in total. The number of hydrogen-bond donors (Lipinski definition) is 0. The summed E-state index contributed by atoms with van der Waals surface area (Å²) in [6.07, 6.45) is 1.71. The maximum atomic E-state index is 12.0. The summed E-state index contributed by atoms with van der Waals surface area (Å²) in [4.78, 5) is 12.0. The van der Waals surface area contributed by atoms with Crippen LogP contribution >= 0.6 is 0 Å². The van der Waals surface area contributed by atoms with Crippen LogP contribution in [-0.4, -0.2) is 40.0 Å². The number of esters is 1. The lowest BCUT2D eigenvalue weighted by molar-refractivity contribution is -0.150. The van der Waals surface area contributed by atoms with Gasteiger partial charge in [-0.25, -0.2) is 0 Å². The number of benzene rings is 1. The fraction of sp³-hybridized carbons (Fsp3) is 0.562. The third kappa shape index (κ3) is 4.11. The topological polar surface area (TPSA) is 54.0 Å². The molecule has 1 saturated heterocycles. The molecule has 1 atom stereocenters. The monoisotopic (exact) mass is 294 g/mol. The van der Waals surface area contributed by atoms with E-state index in [9.17, 15) is 4.79 Å². The van der Waals surface area contributed by atoms with Gasteiger partial charge in [-0.3, -0.25) is 4.79 Å². The lowest BCUT2D eigenvalue weighted by Gasteiger charge is -2.28. The first-order chi connectivity index (χ1) is 10.3. The highest BCUT2D eigenvalue weighted by Gasteiger charge is 2.31. The molecule has 0 saturated carbocycles. The number of ether oxygens (including phenoxy) is 4. The van der Waals surface area contributed by atoms with Gasteiger partial charge in [0.2, 0.25) is 0 Å². The van der Waals surface area contributed by atoms with E-state index in [2.05, 4.69) is 0 Å². The molecule has 1 aliphatic heterocycles. The van der Waals surface area contributed by atoms with E-state index in [1.54, 1.807) is 7.11 Å². The zero-order valence-corrected chi connectivity index (χ0v) is 12.5. The van der Waals surface area contributed by atoms with Crippen molar-refractivity contribution in [1.82, 2.24) is 0 Å². The summed E-state index contributed by atoms with van der Waals surface area (Å²) in [6.45, 7) is 1.66. The van der Waals surface area contributed by atoms with E-state index < -0.39 is 0 Å². The third-order valence-corrected chi connectivity index (χ3v) is 3.83. The molecule has 1 heterocycles. The Bertz CT molecular complexity index is 454. The van der Waals surface area contributed by atoms with Gasteiger partial charge in [0.05, 0.1) is 20.1 Å². The average molecular weight is 294 g/mol. The van der Waals surface area contributed by atoms with E-state index >= 15 is 0 Å². The van der Waals surface area contributed by atoms with E-state index in [4.69, 9.17) is 18.9 Å². The van der Waals surface area contributed by atoms with Crippen molar-refractivity contribution >= 4 is 5.97 Å². The van der Waals surface area contributed by atoms with Crippen LogP contribution in [-0.2, 0) is 14.3 Å². The van der Waals surface area contributed by atoms with Gasteiger partial charge in [-0.2, -0.15) is 0 Å². The average Bonchev–Trinajstić information content (AvgIpc) is 2.56. The molecule has 5 nitrogen and oxygen atoms in total. The number of carbonyl (C=O) groups excluding carboxylic acids is 1. The van der Waals surface area contributed by atoms with E-state index in [1.807, 2.05) is 24.3 Å². The maximum absolute atomic E-state index is 12.0. The molecule has 21 heavy (non-hydrogen) atoms. The van der Waals surface area contributed by atoms with Gasteiger partial charge in [-0.05, 0) is 30.9 Å². The molecule has 1 fully saturated rings. The molecule has 0 radical (unpaired) electrons. The lowest BCUT2D eigenvalue weighted by atomic mass is 9.86. The van der Waals surface area contributed by atoms with Gasteiger partial charge in [-0.1, -0.05) is 12.1 Å². The van der Waals surface area contributed by atoms with Crippen LogP contribution in [0.5, 0.6) is 11.5 Å². The van der Waals surface area contributed by atoms with Crippen LogP contribution in [0.15, 0.2) is 24.3 Å². The Hall–Kier alpha value is -1.75. The van der Waals surface area contributed by atoms with E-state index in [1.165, 1.54) is 7.11 Å². The summed E-state index contributed by atoms with van der Waals surface area (Å²) in [5.41, 5.74) is 0. The summed E-state index contributed by atoms with van der Waals surface area (Å²) in [7, 11) is 3.01. The molecular weight excluding hydrogens is 272 g/mol. The van der Waals surface area contributed by atoms with Crippen molar-refractivity contribution in [2.24, 2.45) is 11.8 Å². The van der Waals surface area contributed by atoms with Crippen molar-refractivity contribution in [2.45, 2.75) is 12.8 Å². The van der Waals surface area contributed by atoms with Gasteiger partial charge in [0.1, 0.15) is 6.61 Å². The summed E-state index contributed by atoms with van der Waals surface area (Å²) >= 11 is 0. The second kappa shape index (κ2) is 7.88. The van der Waals surface area contributed by atoms with Crippen molar-refractivity contribution in [2.75, 3.05) is 34.0 Å². The van der Waals surface area contributed by atoms with Gasteiger partial charge in [0, 0.05) is 13.2 Å². The fourth-order valence-corrected chi connectivity index (χ4v) is 2.58. The summed E-state index contributed by atoms with van der Waals surface area (Å²) in [5.74, 6) is 1.04. The summed E-state index contributed by atoms with van der Waals surface area (Å²) in [5, 5.41) is 0. The molecule has 0 aliphatic carbocycles. The number of methoxy groups -OCH3 is 2. The minimum Gasteiger partial charge on any atom is -0.493 e. The van der Waals surface area contributed by atoms with Gasteiger partial charge in [0.25, 0.3) is 0 Å². The van der Waals surface area contributed by atoms with Crippen LogP contribution in [0.4, 0.5) is 0 Å². The van der Waals surface area contributed by atoms with Crippen LogP contribution in [0.25, 0.3) is 0 Å². The Morgan fingerprint density at radius 1 is 1.24 bits per heavy atom. The molecule has 0 amide bonds. The highest BCUT2D eigenvalue weighted by atomic mass is 16.5. The first-order valence-electron chi connectivity index (χ1n) is 7.17. The molecule has 1 aliphatic rings. The van der Waals surface area contributed by atoms with Crippen molar-refractivity contribution in [3.8, 4) is 11.5 Å². The Labute approximate surface area is 125 Å². The van der Waals surface area contributed by atoms with Gasteiger partial charge >= 0.3 is 5.97 Å². The van der Waals surface area contributed by atoms with Crippen LogP contribution in [0.3, 0.4) is 0 Å². The van der Waals surface area contributed by atoms with E-state index in [0.717, 1.165) is 12.8 Å². The Kier molecular flexibility index (Phi) is 5.87. The molecule has 5 heteroatoms. The standard InChI is InChI=1S/C16H22O5/c1-18-14-5-3-4-6-15(14)21-11-13(16(17)19-2)12-7-9-20-10-8-12/h3-6,12-13H,7-11H2,1-2H3. The molecule has 1 unspecified atom stereocenters. The minimum absolute atomic E-state index is 0.225. The highest BCUT2D eigenvalue weighted by Crippen LogP contribution is 2.29. The molecule has 0 bridgehead atoms. The quantitative estimate of drug-likeness (QED) is 0.753. The number of rotatable bonds is 6. The SMILES string of the molecule is COC(=O)C(COc1ccccc1OC)C1CCOCC1. The van der Waals surface area contributed by atoms with Crippen LogP contribution in [0.2, 0.25) is 0 Å². The van der Waals surface area contributed by atoms with Crippen LogP contribution in [0.1, 0.15) is 12.8 Å². The predicted molar refractivity (Wildman–Crippen MR) is 77.5 cm³/mol. The van der Waals surface area contributed by atoms with Crippen molar-refractivity contribution < 1.29 is 23.7 Å².